The summed E-state index contributed by atoms with van der Waals surface area (Å²) < 4.78 is 37.8. The first-order valence-corrected chi connectivity index (χ1v) is 12.7. The predicted molar refractivity (Wildman–Crippen MR) is 141 cm³/mol. The van der Waals surface area contributed by atoms with Crippen LogP contribution in [0.2, 0.25) is 0 Å². The Kier molecular flexibility index (Phi) is 9.95. The van der Waals surface area contributed by atoms with E-state index in [1.807, 2.05) is 24.3 Å². The molecule has 7 nitrogen and oxygen atoms in total. The van der Waals surface area contributed by atoms with Crippen LogP contribution in [0.4, 0.5) is 8.78 Å². The fourth-order valence-corrected chi connectivity index (χ4v) is 4.14. The van der Waals surface area contributed by atoms with Gasteiger partial charge < -0.3 is 21.1 Å². The molecule has 1 atom stereocenters. The molecule has 0 fully saturated rings. The average molecular weight is 531 g/mol. The van der Waals surface area contributed by atoms with Crippen LogP contribution in [0.1, 0.15) is 23.6 Å². The Morgan fingerprint density at radius 1 is 1.08 bits per heavy atom. The van der Waals surface area contributed by atoms with Crippen LogP contribution in [0.5, 0.6) is 11.5 Å². The van der Waals surface area contributed by atoms with Crippen molar-refractivity contribution < 1.29 is 23.2 Å². The number of carbonyl (C=O) groups excluding carboxylic acids is 1. The molecule has 188 valence electrons. The van der Waals surface area contributed by atoms with Gasteiger partial charge in [-0.05, 0) is 78.0 Å². The fraction of sp³-hybridized carbons (Fsp3) is 0.120. The first-order chi connectivity index (χ1) is 17.2. The van der Waals surface area contributed by atoms with E-state index in [2.05, 4.69) is 9.71 Å². The molecule has 36 heavy (non-hydrogen) atoms. The molecule has 1 unspecified atom stereocenters. The van der Waals surface area contributed by atoms with Gasteiger partial charge in [0.25, 0.3) is 5.91 Å². The van der Waals surface area contributed by atoms with Crippen LogP contribution in [-0.4, -0.2) is 16.8 Å². The summed E-state index contributed by atoms with van der Waals surface area (Å²) in [5.74, 6) is -3.25. The molecule has 0 spiro atoms. The van der Waals surface area contributed by atoms with E-state index in [1.54, 1.807) is 24.3 Å². The number of nitrogens with two attached hydrogens (primary N) is 2. The van der Waals surface area contributed by atoms with Crippen molar-refractivity contribution >= 4 is 38.7 Å². The SMILES string of the molecule is C/C(=C\c1cc(F)c(Oc2ccc(SNCc3ccc(CPO)cc3)cc2)c(F)c1)C(=O)N=C(N)N. The van der Waals surface area contributed by atoms with Gasteiger partial charge in [-0.3, -0.25) is 9.52 Å². The van der Waals surface area contributed by atoms with E-state index in [1.165, 1.54) is 24.9 Å². The van der Waals surface area contributed by atoms with Gasteiger partial charge in [0.1, 0.15) is 5.75 Å². The molecule has 0 aliphatic carbocycles. The number of nitrogens with zero attached hydrogens (tertiary/aromatic N) is 1. The minimum atomic E-state index is -0.922. The van der Waals surface area contributed by atoms with E-state index in [0.717, 1.165) is 28.2 Å². The molecule has 0 aliphatic heterocycles. The number of amides is 1. The van der Waals surface area contributed by atoms with Crippen LogP contribution < -0.4 is 20.9 Å². The lowest BCUT2D eigenvalue weighted by Crippen LogP contribution is -2.24. The number of benzene rings is 3. The molecule has 0 saturated heterocycles. The molecular formula is C25H25F2N4O3PS. The van der Waals surface area contributed by atoms with Crippen molar-refractivity contribution in [2.24, 2.45) is 16.5 Å². The lowest BCUT2D eigenvalue weighted by molar-refractivity contribution is -0.114. The van der Waals surface area contributed by atoms with Crippen molar-refractivity contribution in [2.45, 2.75) is 24.5 Å². The molecule has 6 N–H and O–H groups in total. The highest BCUT2D eigenvalue weighted by atomic mass is 32.2. The van der Waals surface area contributed by atoms with Crippen molar-refractivity contribution in [3.63, 3.8) is 0 Å². The quantitative estimate of drug-likeness (QED) is 0.0972. The second-order valence-corrected chi connectivity index (χ2v) is 9.26. The maximum absolute atomic E-state index is 14.6. The lowest BCUT2D eigenvalue weighted by Gasteiger charge is -2.10. The zero-order valence-corrected chi connectivity index (χ0v) is 21.1. The van der Waals surface area contributed by atoms with Gasteiger partial charge in [-0.1, -0.05) is 24.3 Å². The fourth-order valence-electron chi connectivity index (χ4n) is 3.04. The second kappa shape index (κ2) is 13.1. The third kappa shape index (κ3) is 8.13. The van der Waals surface area contributed by atoms with Crippen LogP contribution in [0, 0.1) is 11.6 Å². The molecular weight excluding hydrogens is 505 g/mol. The third-order valence-electron chi connectivity index (χ3n) is 4.79. The van der Waals surface area contributed by atoms with Crippen molar-refractivity contribution in [2.75, 3.05) is 0 Å². The Hall–Kier alpha value is -3.30. The topological polar surface area (TPSA) is 123 Å². The highest BCUT2D eigenvalue weighted by molar-refractivity contribution is 7.97. The normalized spacial score (nSPS) is 11.6. The van der Waals surface area contributed by atoms with Gasteiger partial charge in [-0.15, -0.1) is 0 Å². The molecule has 0 heterocycles. The zero-order valence-electron chi connectivity index (χ0n) is 19.3. The Labute approximate surface area is 213 Å². The van der Waals surface area contributed by atoms with Crippen LogP contribution >= 0.6 is 20.8 Å². The monoisotopic (exact) mass is 530 g/mol. The predicted octanol–water partition coefficient (Wildman–Crippen LogP) is 4.84. The highest BCUT2D eigenvalue weighted by Gasteiger charge is 2.14. The number of hydrogen-bond acceptors (Lipinski definition) is 5. The van der Waals surface area contributed by atoms with Gasteiger partial charge >= 0.3 is 0 Å². The van der Waals surface area contributed by atoms with Crippen LogP contribution in [0.3, 0.4) is 0 Å². The molecule has 11 heteroatoms. The van der Waals surface area contributed by atoms with Gasteiger partial charge in [-0.2, -0.15) is 4.99 Å². The minimum Gasteiger partial charge on any atom is -0.451 e. The van der Waals surface area contributed by atoms with E-state index < -0.39 is 29.3 Å². The lowest BCUT2D eigenvalue weighted by atomic mass is 10.1. The van der Waals surface area contributed by atoms with E-state index in [4.69, 9.17) is 21.1 Å². The summed E-state index contributed by atoms with van der Waals surface area (Å²) in [6.07, 6.45) is 1.93. The largest absolute Gasteiger partial charge is 0.451 e. The third-order valence-corrected chi connectivity index (χ3v) is 6.15. The first-order valence-electron chi connectivity index (χ1n) is 10.7. The van der Waals surface area contributed by atoms with Crippen molar-refractivity contribution in [1.29, 1.82) is 0 Å². The molecule has 0 aromatic heterocycles. The van der Waals surface area contributed by atoms with E-state index in [9.17, 15) is 13.6 Å². The number of hydrogen-bond donors (Lipinski definition) is 4. The molecule has 3 aromatic carbocycles. The van der Waals surface area contributed by atoms with E-state index in [0.29, 0.717) is 12.7 Å². The summed E-state index contributed by atoms with van der Waals surface area (Å²) in [5.41, 5.74) is 12.8. The highest BCUT2D eigenvalue weighted by Crippen LogP contribution is 2.30. The number of guanidine groups is 1. The summed E-state index contributed by atoms with van der Waals surface area (Å²) in [4.78, 5) is 25.1. The molecule has 3 rings (SSSR count). The molecule has 0 aliphatic rings. The van der Waals surface area contributed by atoms with Crippen molar-refractivity contribution in [3.05, 3.63) is 94.6 Å². The summed E-state index contributed by atoms with van der Waals surface area (Å²) in [6, 6.07) is 16.9. The Morgan fingerprint density at radius 3 is 2.28 bits per heavy atom. The summed E-state index contributed by atoms with van der Waals surface area (Å²) >= 11 is 1.41. The maximum atomic E-state index is 14.6. The van der Waals surface area contributed by atoms with Crippen molar-refractivity contribution in [1.82, 2.24) is 4.72 Å². The second-order valence-electron chi connectivity index (χ2n) is 7.63. The van der Waals surface area contributed by atoms with Crippen molar-refractivity contribution in [3.8, 4) is 11.5 Å². The Bertz CT molecular complexity index is 1240. The summed E-state index contributed by atoms with van der Waals surface area (Å²) in [7, 11) is -0.0976. The molecule has 3 aromatic rings. The molecule has 0 radical (unpaired) electrons. The van der Waals surface area contributed by atoms with Gasteiger partial charge in [0.05, 0.1) is 0 Å². The Balaban J connectivity index is 1.59. The summed E-state index contributed by atoms with van der Waals surface area (Å²) in [5, 5.41) is 0. The number of nitrogens with one attached hydrogen (secondary N) is 1. The van der Waals surface area contributed by atoms with Gasteiger partial charge in [0, 0.05) is 32.0 Å². The number of ether oxygens (including phenoxy) is 1. The molecule has 0 bridgehead atoms. The van der Waals surface area contributed by atoms with E-state index in [-0.39, 0.29) is 25.7 Å². The Morgan fingerprint density at radius 2 is 1.69 bits per heavy atom. The van der Waals surface area contributed by atoms with E-state index >= 15 is 0 Å². The molecule has 1 amide bonds. The minimum absolute atomic E-state index is 0.0976. The zero-order chi connectivity index (χ0) is 26.1. The summed E-state index contributed by atoms with van der Waals surface area (Å²) in [6.45, 7) is 2.07. The van der Waals surface area contributed by atoms with Crippen LogP contribution in [0.25, 0.3) is 6.08 Å². The van der Waals surface area contributed by atoms with Gasteiger partial charge in [-0.25, -0.2) is 8.78 Å². The average Bonchev–Trinajstić information content (AvgIpc) is 2.83. The smallest absolute Gasteiger partial charge is 0.275 e. The number of aliphatic imine (C=N–C) groups is 1. The first kappa shape index (κ1) is 27.3. The van der Waals surface area contributed by atoms with Gasteiger partial charge in [0.2, 0.25) is 0 Å². The molecule has 0 saturated carbocycles. The number of carbonyl (C=O) groups is 1. The number of halogens is 2. The number of rotatable bonds is 10. The maximum Gasteiger partial charge on any atom is 0.275 e. The van der Waals surface area contributed by atoms with Gasteiger partial charge in [0.15, 0.2) is 23.3 Å². The van der Waals surface area contributed by atoms with Crippen LogP contribution in [0.15, 0.2) is 76.1 Å². The van der Waals surface area contributed by atoms with Crippen LogP contribution in [-0.2, 0) is 17.5 Å². The standard InChI is InChI=1S/C25H25F2N4O3PS/c1-15(24(32)31-25(28)29)10-18-11-21(26)23(22(27)12-18)34-19-6-8-20(9-7-19)36-30-13-16-2-4-17(5-3-16)14-35-33/h2-12,30,33,35H,13-14H2,1H3,(H4,28,29,31,32)/b15-10+.